The Hall–Kier alpha value is -2.61. The summed E-state index contributed by atoms with van der Waals surface area (Å²) in [5, 5.41) is 0. The van der Waals surface area contributed by atoms with Crippen molar-refractivity contribution in [2.75, 3.05) is 13.7 Å². The first-order valence-electron chi connectivity index (χ1n) is 9.83. The fraction of sp³-hybridized carbons (Fsp3) is 0.435. The van der Waals surface area contributed by atoms with Gasteiger partial charge in [0.2, 0.25) is 0 Å². The smallest absolute Gasteiger partial charge is 0.416 e. The third kappa shape index (κ3) is 5.01. The van der Waals surface area contributed by atoms with E-state index in [1.54, 1.807) is 32.9 Å². The zero-order valence-corrected chi connectivity index (χ0v) is 17.7. The largest absolute Gasteiger partial charge is 0.493 e. The van der Waals surface area contributed by atoms with Gasteiger partial charge in [-0.05, 0) is 69.0 Å². The lowest BCUT2D eigenvalue weighted by atomic mass is 9.89. The molecular formula is C23H24F4O4. The van der Waals surface area contributed by atoms with E-state index < -0.39 is 40.8 Å². The summed E-state index contributed by atoms with van der Waals surface area (Å²) < 4.78 is 72.9. The molecule has 1 aliphatic rings. The van der Waals surface area contributed by atoms with E-state index in [9.17, 15) is 18.0 Å². The minimum Gasteiger partial charge on any atom is -0.493 e. The Morgan fingerprint density at radius 1 is 1.13 bits per heavy atom. The van der Waals surface area contributed by atoms with Gasteiger partial charge < -0.3 is 14.2 Å². The summed E-state index contributed by atoms with van der Waals surface area (Å²) in [7, 11) is 1.05. The summed E-state index contributed by atoms with van der Waals surface area (Å²) in [5.41, 5.74) is -2.15. The lowest BCUT2D eigenvalue weighted by molar-refractivity contribution is -0.166. The minimum absolute atomic E-state index is 0.203. The molecule has 2 aromatic rings. The summed E-state index contributed by atoms with van der Waals surface area (Å²) in [4.78, 5) is 12.5. The molecule has 0 radical (unpaired) electrons. The van der Waals surface area contributed by atoms with Gasteiger partial charge in [0.15, 0.2) is 6.10 Å². The third-order valence-corrected chi connectivity index (χ3v) is 4.85. The number of fused-ring (bicyclic) bond motifs is 1. The van der Waals surface area contributed by atoms with Gasteiger partial charge in [0.05, 0.1) is 24.9 Å². The summed E-state index contributed by atoms with van der Waals surface area (Å²) in [6.45, 7) is 5.31. The second-order valence-electron chi connectivity index (χ2n) is 8.29. The summed E-state index contributed by atoms with van der Waals surface area (Å²) in [5.74, 6) is -1.33. The molecule has 3 rings (SSSR count). The van der Waals surface area contributed by atoms with Crippen molar-refractivity contribution < 1.29 is 36.6 Å². The Labute approximate surface area is 178 Å². The van der Waals surface area contributed by atoms with Gasteiger partial charge >= 0.3 is 12.1 Å². The molecule has 2 aromatic carbocycles. The van der Waals surface area contributed by atoms with Crippen LogP contribution in [0, 0.1) is 5.82 Å². The van der Waals surface area contributed by atoms with E-state index in [-0.39, 0.29) is 11.1 Å². The molecule has 0 fully saturated rings. The van der Waals surface area contributed by atoms with Gasteiger partial charge in [-0.1, -0.05) is 6.07 Å². The second kappa shape index (κ2) is 8.49. The summed E-state index contributed by atoms with van der Waals surface area (Å²) in [6.07, 6.45) is -5.23. The molecule has 0 aliphatic carbocycles. The Kier molecular flexibility index (Phi) is 6.32. The topological polar surface area (TPSA) is 44.8 Å². The summed E-state index contributed by atoms with van der Waals surface area (Å²) in [6, 6.07) is 6.06. The number of hydrogen-bond donors (Lipinski definition) is 0. The normalized spacial score (nSPS) is 15.1. The molecule has 0 bridgehead atoms. The van der Waals surface area contributed by atoms with Crippen LogP contribution in [0.2, 0.25) is 0 Å². The molecule has 4 nitrogen and oxygen atoms in total. The van der Waals surface area contributed by atoms with Crippen molar-refractivity contribution in [3.05, 3.63) is 52.8 Å². The van der Waals surface area contributed by atoms with E-state index in [0.717, 1.165) is 25.2 Å². The number of aryl methyl sites for hydroxylation is 1. The number of esters is 1. The lowest BCUT2D eigenvalue weighted by Gasteiger charge is -2.30. The van der Waals surface area contributed by atoms with Crippen LogP contribution in [0.4, 0.5) is 17.6 Å². The maximum absolute atomic E-state index is 15.1. The van der Waals surface area contributed by atoms with Crippen LogP contribution in [-0.2, 0) is 26.9 Å². The zero-order chi connectivity index (χ0) is 23.0. The van der Waals surface area contributed by atoms with Crippen molar-refractivity contribution >= 4 is 5.97 Å². The Bertz CT molecular complexity index is 977. The number of methoxy groups -OCH3 is 1. The van der Waals surface area contributed by atoms with Crippen molar-refractivity contribution in [1.29, 1.82) is 0 Å². The van der Waals surface area contributed by atoms with E-state index in [4.69, 9.17) is 14.2 Å². The highest BCUT2D eigenvalue weighted by atomic mass is 19.4. The number of rotatable bonds is 4. The predicted octanol–water partition coefficient (Wildman–Crippen LogP) is 5.87. The molecule has 1 heterocycles. The minimum atomic E-state index is -4.84. The molecular weight excluding hydrogens is 416 g/mol. The molecule has 1 atom stereocenters. The highest BCUT2D eigenvalue weighted by Crippen LogP contribution is 2.44. The van der Waals surface area contributed by atoms with Crippen molar-refractivity contribution in [3.8, 4) is 16.9 Å². The van der Waals surface area contributed by atoms with Crippen molar-refractivity contribution in [2.24, 2.45) is 0 Å². The quantitative estimate of drug-likeness (QED) is 0.441. The standard InChI is InChI=1S/C23H24F4O4/c1-22(2,3)31-20(21(28)29-4)19-15(23(25,26)27)8-9-16(24)18(19)14-7-10-17-13(12-14)6-5-11-30-17/h7-10,12,20H,5-6,11H2,1-4H3. The number of ether oxygens (including phenoxy) is 3. The lowest BCUT2D eigenvalue weighted by Crippen LogP contribution is -2.30. The van der Waals surface area contributed by atoms with Crippen LogP contribution in [0.15, 0.2) is 30.3 Å². The van der Waals surface area contributed by atoms with Crippen LogP contribution < -0.4 is 4.74 Å². The fourth-order valence-electron chi connectivity index (χ4n) is 3.61. The molecule has 31 heavy (non-hydrogen) atoms. The van der Waals surface area contributed by atoms with Crippen molar-refractivity contribution in [2.45, 2.75) is 51.5 Å². The molecule has 8 heteroatoms. The number of hydrogen-bond acceptors (Lipinski definition) is 4. The molecule has 0 spiro atoms. The van der Waals surface area contributed by atoms with Crippen LogP contribution >= 0.6 is 0 Å². The fourth-order valence-corrected chi connectivity index (χ4v) is 3.61. The van der Waals surface area contributed by atoms with Crippen LogP contribution in [0.1, 0.15) is 50.0 Å². The first-order valence-corrected chi connectivity index (χ1v) is 9.83. The van der Waals surface area contributed by atoms with Crippen LogP contribution in [0.3, 0.4) is 0 Å². The third-order valence-electron chi connectivity index (χ3n) is 4.85. The molecule has 0 aromatic heterocycles. The van der Waals surface area contributed by atoms with E-state index in [1.165, 1.54) is 6.07 Å². The van der Waals surface area contributed by atoms with E-state index in [1.807, 2.05) is 0 Å². The summed E-state index contributed by atoms with van der Waals surface area (Å²) >= 11 is 0. The molecule has 1 unspecified atom stereocenters. The van der Waals surface area contributed by atoms with Gasteiger partial charge in [0.25, 0.3) is 0 Å². The maximum Gasteiger partial charge on any atom is 0.416 e. The Morgan fingerprint density at radius 3 is 2.45 bits per heavy atom. The average Bonchev–Trinajstić information content (AvgIpc) is 2.69. The van der Waals surface area contributed by atoms with Gasteiger partial charge in [0.1, 0.15) is 11.6 Å². The van der Waals surface area contributed by atoms with Gasteiger partial charge in [-0.15, -0.1) is 0 Å². The molecule has 0 saturated carbocycles. The predicted molar refractivity (Wildman–Crippen MR) is 106 cm³/mol. The van der Waals surface area contributed by atoms with Gasteiger partial charge in [-0.3, -0.25) is 0 Å². The highest BCUT2D eigenvalue weighted by molar-refractivity contribution is 5.83. The van der Waals surface area contributed by atoms with Gasteiger partial charge in [-0.25, -0.2) is 9.18 Å². The monoisotopic (exact) mass is 440 g/mol. The molecule has 0 saturated heterocycles. The second-order valence-corrected chi connectivity index (χ2v) is 8.29. The Balaban J connectivity index is 2.32. The highest BCUT2D eigenvalue weighted by Gasteiger charge is 2.42. The maximum atomic E-state index is 15.1. The first-order chi connectivity index (χ1) is 14.4. The van der Waals surface area contributed by atoms with Crippen molar-refractivity contribution in [1.82, 2.24) is 0 Å². The molecule has 168 valence electrons. The average molecular weight is 440 g/mol. The van der Waals surface area contributed by atoms with Crippen LogP contribution in [0.25, 0.3) is 11.1 Å². The number of carbonyl (C=O) groups is 1. The van der Waals surface area contributed by atoms with E-state index >= 15 is 4.39 Å². The van der Waals surface area contributed by atoms with Gasteiger partial charge in [-0.2, -0.15) is 13.2 Å². The molecule has 0 amide bonds. The SMILES string of the molecule is COC(=O)C(OC(C)(C)C)c1c(C(F)(F)F)ccc(F)c1-c1ccc2c(c1)CCCO2. The van der Waals surface area contributed by atoms with Crippen molar-refractivity contribution in [3.63, 3.8) is 0 Å². The van der Waals surface area contributed by atoms with Crippen LogP contribution in [0.5, 0.6) is 5.75 Å². The first kappa shape index (κ1) is 23.1. The Morgan fingerprint density at radius 2 is 1.84 bits per heavy atom. The molecule has 0 N–H and O–H groups in total. The van der Waals surface area contributed by atoms with E-state index in [2.05, 4.69) is 0 Å². The number of halogens is 4. The van der Waals surface area contributed by atoms with Crippen LogP contribution in [-0.4, -0.2) is 25.3 Å². The number of benzene rings is 2. The number of alkyl halides is 3. The zero-order valence-electron chi connectivity index (χ0n) is 17.7. The van der Waals surface area contributed by atoms with E-state index in [0.29, 0.717) is 24.8 Å². The molecule has 1 aliphatic heterocycles. The van der Waals surface area contributed by atoms with Gasteiger partial charge in [0, 0.05) is 11.1 Å². The number of carbonyl (C=O) groups excluding carboxylic acids is 1.